The fraction of sp³-hybridized carbons (Fsp3) is 0.267. The fourth-order valence-corrected chi connectivity index (χ4v) is 9.49. The summed E-state index contributed by atoms with van der Waals surface area (Å²) in [6.45, 7) is 13.8. The van der Waals surface area contributed by atoms with Gasteiger partial charge in [-0.2, -0.15) is 6.07 Å². The van der Waals surface area contributed by atoms with Gasteiger partial charge < -0.3 is 24.8 Å². The van der Waals surface area contributed by atoms with E-state index in [1.165, 1.54) is 49.9 Å². The predicted octanol–water partition coefficient (Wildman–Crippen LogP) is 2.30. The first kappa shape index (κ1) is 29.8. The Morgan fingerprint density at radius 1 is 0.971 bits per heavy atom. The molecule has 2 bridgehead atoms. The Kier molecular flexibility index (Phi) is 9.67. The summed E-state index contributed by atoms with van der Waals surface area (Å²) in [4.78, 5) is 4.42. The molecule has 0 saturated carbocycles. The van der Waals surface area contributed by atoms with Gasteiger partial charge >= 0.3 is 26.2 Å². The van der Waals surface area contributed by atoms with Gasteiger partial charge in [0.05, 0.1) is 5.71 Å². The summed E-state index contributed by atoms with van der Waals surface area (Å²) in [5.41, 5.74) is 9.76. The molecule has 0 unspecified atom stereocenters. The fourth-order valence-electron chi connectivity index (χ4n) is 5.64. The van der Waals surface area contributed by atoms with Gasteiger partial charge in [-0.1, -0.05) is 69.8 Å². The molecule has 0 aromatic heterocycles. The first-order valence-corrected chi connectivity index (χ1v) is 14.8. The topological polar surface area (TPSA) is 12.4 Å². The van der Waals surface area contributed by atoms with Crippen molar-refractivity contribution in [2.75, 3.05) is 0 Å². The number of hydrogen-bond donors (Lipinski definition) is 0. The van der Waals surface area contributed by atoms with Crippen molar-refractivity contribution in [3.8, 4) is 11.1 Å². The molecule has 179 valence electrons. The van der Waals surface area contributed by atoms with E-state index in [0.29, 0.717) is 5.92 Å². The minimum Gasteiger partial charge on any atom is -1.00 e. The normalized spacial score (nSPS) is 16.0. The molecule has 1 aliphatic carbocycles. The molecule has 3 aromatic carbocycles. The van der Waals surface area contributed by atoms with Gasteiger partial charge in [0.2, 0.25) is 0 Å². The number of fused-ring (bicyclic) bond motifs is 1. The van der Waals surface area contributed by atoms with Crippen LogP contribution in [0.25, 0.3) is 21.9 Å². The minimum atomic E-state index is -1.13. The van der Waals surface area contributed by atoms with Gasteiger partial charge in [-0.15, -0.1) is 34.5 Å². The van der Waals surface area contributed by atoms with E-state index in [-0.39, 0.29) is 51.0 Å². The van der Waals surface area contributed by atoms with Crippen LogP contribution >= 0.6 is 0 Å². The van der Waals surface area contributed by atoms with Crippen molar-refractivity contribution in [3.05, 3.63) is 99.5 Å². The summed E-state index contributed by atoms with van der Waals surface area (Å²) in [5, 5.41) is 5.99. The maximum atomic E-state index is 4.42. The van der Waals surface area contributed by atoms with Crippen LogP contribution in [0.1, 0.15) is 44.7 Å². The van der Waals surface area contributed by atoms with Crippen molar-refractivity contribution in [2.24, 2.45) is 4.99 Å². The molecule has 0 amide bonds. The maximum absolute atomic E-state index is 4.42. The van der Waals surface area contributed by atoms with Gasteiger partial charge in [-0.25, -0.2) is 0 Å². The molecule has 0 N–H and O–H groups in total. The van der Waals surface area contributed by atoms with Crippen LogP contribution in [-0.2, 0) is 32.6 Å². The van der Waals surface area contributed by atoms with E-state index < -0.39 is 8.07 Å². The first-order chi connectivity index (χ1) is 15.3. The molecule has 35 heavy (non-hydrogen) atoms. The Balaban J connectivity index is 0.000000249. The molecule has 0 spiro atoms. The minimum absolute atomic E-state index is 0. The molecule has 3 heterocycles. The first-order valence-electron chi connectivity index (χ1n) is 11.8. The van der Waals surface area contributed by atoms with Gasteiger partial charge in [0.1, 0.15) is 8.07 Å². The molecule has 5 heteroatoms. The number of benzene rings is 2. The third kappa shape index (κ3) is 4.95. The number of halogens is 2. The predicted molar refractivity (Wildman–Crippen MR) is 142 cm³/mol. The zero-order chi connectivity index (χ0) is 22.6. The number of rotatable bonds is 3. The van der Waals surface area contributed by atoms with Crippen LogP contribution in [0.2, 0.25) is 13.1 Å². The zero-order valence-corrected chi connectivity index (χ0v) is 26.3. The van der Waals surface area contributed by atoms with E-state index in [2.05, 4.69) is 106 Å². The Morgan fingerprint density at radius 2 is 1.66 bits per heavy atom. The Hall–Kier alpha value is -1.38. The second kappa shape index (κ2) is 11.3. The molecule has 1 radical (unpaired) electrons. The molecule has 3 aliphatic heterocycles. The van der Waals surface area contributed by atoms with Crippen LogP contribution < -0.4 is 24.8 Å². The van der Waals surface area contributed by atoms with Crippen molar-refractivity contribution in [1.29, 1.82) is 0 Å². The summed E-state index contributed by atoms with van der Waals surface area (Å²) in [7, 11) is -1.13. The molecule has 4 aliphatic rings. The van der Waals surface area contributed by atoms with E-state index in [1.807, 2.05) is 6.20 Å². The summed E-state index contributed by atoms with van der Waals surface area (Å²) in [5.74, 6) is 0.581. The smallest absolute Gasteiger partial charge is 1.00 e. The second-order valence-electron chi connectivity index (χ2n) is 10.0. The quantitative estimate of drug-likeness (QED) is 0.325. The molecule has 0 fully saturated rings. The van der Waals surface area contributed by atoms with E-state index in [9.17, 15) is 0 Å². The largest absolute Gasteiger partial charge is 3.00 e. The Morgan fingerprint density at radius 3 is 2.23 bits per heavy atom. The number of nitrogens with zero attached hydrogens (tertiary/aromatic N) is 1. The van der Waals surface area contributed by atoms with Crippen LogP contribution in [0.4, 0.5) is 0 Å². The van der Waals surface area contributed by atoms with E-state index >= 15 is 0 Å². The van der Waals surface area contributed by atoms with Crippen molar-refractivity contribution in [3.63, 3.8) is 0 Å². The number of aryl methyl sites for hydroxylation is 1. The van der Waals surface area contributed by atoms with E-state index in [0.717, 1.165) is 6.42 Å². The number of aliphatic imine (C=N–C) groups is 1. The van der Waals surface area contributed by atoms with Crippen LogP contribution in [0.15, 0.2) is 93.4 Å². The van der Waals surface area contributed by atoms with Gasteiger partial charge in [-0.3, -0.25) is 4.99 Å². The van der Waals surface area contributed by atoms with Crippen molar-refractivity contribution in [2.45, 2.75) is 53.1 Å². The van der Waals surface area contributed by atoms with Crippen LogP contribution in [-0.4, -0.2) is 13.8 Å². The van der Waals surface area contributed by atoms with Crippen LogP contribution in [0.5, 0.6) is 0 Å². The van der Waals surface area contributed by atoms with Crippen molar-refractivity contribution < 1.29 is 51.0 Å². The molecule has 0 saturated heterocycles. The zero-order valence-electron chi connectivity index (χ0n) is 21.3. The number of hydrogen-bond acceptors (Lipinski definition) is 1. The maximum Gasteiger partial charge on any atom is 3.00 e. The molecular weight excluding hydrogens is 565 g/mol. The summed E-state index contributed by atoms with van der Waals surface area (Å²) >= 11 is 0. The molecule has 0 atom stereocenters. The van der Waals surface area contributed by atoms with Crippen molar-refractivity contribution in [1.82, 2.24) is 0 Å². The van der Waals surface area contributed by atoms with Crippen LogP contribution in [0, 0.1) is 0 Å². The molecule has 7 rings (SSSR count). The number of allylic oxidation sites excluding steroid dienone is 5. The standard InChI is InChI=1S/C20H21.C10H11NSi.2ClH.Zr/c1-4-15-8-10-16(11-9-15)19-7-5-6-17-12-18(14(2)3)13-20(17)19;1-6-9-7-4-5-11-8(7)10(6)12(9,2)3;;;/h5-14H,4H2,1-3H3;4-5H,1-3H3;2*1H;/q-1;;;;+3/p-2. The monoisotopic (exact) mass is 594 g/mol. The summed E-state index contributed by atoms with van der Waals surface area (Å²) in [6, 6.07) is 20.2. The van der Waals surface area contributed by atoms with Gasteiger partial charge in [0.15, 0.2) is 0 Å². The van der Waals surface area contributed by atoms with Gasteiger partial charge in [-0.05, 0) is 52.4 Å². The third-order valence-corrected chi connectivity index (χ3v) is 11.1. The third-order valence-electron chi connectivity index (χ3n) is 7.32. The van der Waals surface area contributed by atoms with Crippen LogP contribution in [0.3, 0.4) is 0 Å². The Bertz CT molecular complexity index is 1350. The summed E-state index contributed by atoms with van der Waals surface area (Å²) in [6.07, 6.45) is 5.20. The average molecular weight is 597 g/mol. The molecule has 3 aromatic rings. The SMILES string of the molecule is CC1=C2C3=NC=CC3=C1[Si]2(C)C.CCc1ccc(-c2cccc3[cH-]c(C(C)C)cc23)cc1.[Cl-].[Cl-].[Zr+3]. The molecule has 1 nitrogen and oxygen atoms in total. The van der Waals surface area contributed by atoms with E-state index in [4.69, 9.17) is 0 Å². The van der Waals surface area contributed by atoms with Gasteiger partial charge in [0, 0.05) is 11.8 Å². The average Bonchev–Trinajstić information content (AvgIpc) is 3.50. The Labute approximate surface area is 242 Å². The van der Waals surface area contributed by atoms with Crippen molar-refractivity contribution >= 4 is 24.6 Å². The molecular formula is C30H32Cl2NSiZr. The van der Waals surface area contributed by atoms with Gasteiger partial charge in [0.25, 0.3) is 0 Å². The summed E-state index contributed by atoms with van der Waals surface area (Å²) < 4.78 is 0. The second-order valence-corrected chi connectivity index (χ2v) is 14.3. The van der Waals surface area contributed by atoms with E-state index in [1.54, 1.807) is 10.4 Å².